The van der Waals surface area contributed by atoms with Gasteiger partial charge in [-0.2, -0.15) is 23.1 Å². The van der Waals surface area contributed by atoms with Gasteiger partial charge in [-0.3, -0.25) is 9.59 Å². The van der Waals surface area contributed by atoms with Gasteiger partial charge in [0.15, 0.2) is 5.82 Å². The van der Waals surface area contributed by atoms with E-state index in [4.69, 9.17) is 23.2 Å². The second-order valence-corrected chi connectivity index (χ2v) is 10.6. The number of nitrogens with one attached hydrogen (secondary N) is 2. The molecule has 2 aromatic carbocycles. The molecule has 0 atom stereocenters. The highest BCUT2D eigenvalue weighted by Gasteiger charge is 2.37. The van der Waals surface area contributed by atoms with Gasteiger partial charge in [0.2, 0.25) is 0 Å². The lowest BCUT2D eigenvalue weighted by molar-refractivity contribution is -0.274. The van der Waals surface area contributed by atoms with Crippen LogP contribution in [0.4, 0.5) is 32.0 Å². The van der Waals surface area contributed by atoms with Gasteiger partial charge in [0.05, 0.1) is 27.0 Å². The zero-order chi connectivity index (χ0) is 34.8. The van der Waals surface area contributed by atoms with E-state index in [1.165, 1.54) is 42.6 Å². The number of carbonyl (C=O) groups excluding carboxylic acids is 2. The molecule has 0 radical (unpaired) electrons. The van der Waals surface area contributed by atoms with Crippen LogP contribution in [-0.2, 0) is 19.3 Å². The Labute approximate surface area is 275 Å². The predicted molar refractivity (Wildman–Crippen MR) is 157 cm³/mol. The van der Waals surface area contributed by atoms with Crippen molar-refractivity contribution in [3.63, 3.8) is 0 Å². The van der Waals surface area contributed by atoms with Crippen molar-refractivity contribution in [2.45, 2.75) is 32.6 Å². The molecule has 0 spiro atoms. The van der Waals surface area contributed by atoms with Gasteiger partial charge >= 0.3 is 12.5 Å². The second kappa shape index (κ2) is 13.5. The lowest BCUT2D eigenvalue weighted by Gasteiger charge is -2.16. The molecule has 0 aliphatic heterocycles. The van der Waals surface area contributed by atoms with Gasteiger partial charge in [0, 0.05) is 12.7 Å². The van der Waals surface area contributed by atoms with Crippen molar-refractivity contribution in [3.05, 3.63) is 105 Å². The number of ether oxygens (including phenoxy) is 1. The number of halogens is 8. The van der Waals surface area contributed by atoms with Gasteiger partial charge in [-0.15, -0.1) is 23.4 Å². The molecule has 48 heavy (non-hydrogen) atoms. The van der Waals surface area contributed by atoms with Gasteiger partial charge in [0.25, 0.3) is 17.6 Å². The number of hydrogen-bond donors (Lipinski definition) is 2. The van der Waals surface area contributed by atoms with Gasteiger partial charge in [-0.05, 0) is 59.7 Å². The summed E-state index contributed by atoms with van der Waals surface area (Å²) in [6.07, 6.45) is -8.32. The maximum Gasteiger partial charge on any atom is 0.573 e. The molecular weight excluding hydrogens is 695 g/mol. The summed E-state index contributed by atoms with van der Waals surface area (Å²) in [6.45, 7) is 1.05. The summed E-state index contributed by atoms with van der Waals surface area (Å²) in [6, 6.07) is 12.0. The SMILES string of the molecule is Cc1ccc(Cl)c(C(=O)NCc2ccc(OC(F)(F)F)cc2)c1NC(=O)c1cc(Cn2nnc(C(F)(F)F)n2)nn1-c1ncccc1Cl. The monoisotopic (exact) mass is 713 g/mol. The molecule has 2 N–H and O–H groups in total. The number of aryl methyl sites for hydroxylation is 1. The van der Waals surface area contributed by atoms with E-state index >= 15 is 0 Å². The standard InChI is InChI=1S/C28H19Cl2F6N9O3/c1-14-4-9-18(29)21(25(47)38-12-15-5-7-17(8-6-15)48-28(34,35)36)22(14)39-24(46)20-11-16(13-44-42-26(40-43-44)27(31,32)33)41-45(20)23-19(30)3-2-10-37-23/h2-11H,12-13H2,1H3,(H,38,47)(H,39,46). The van der Waals surface area contributed by atoms with E-state index in [1.54, 1.807) is 13.0 Å². The maximum atomic E-state index is 13.8. The maximum absolute atomic E-state index is 13.8. The molecule has 5 aromatic rings. The number of anilines is 1. The Bertz CT molecular complexity index is 1980. The smallest absolute Gasteiger partial charge is 0.406 e. The van der Waals surface area contributed by atoms with E-state index in [2.05, 4.69) is 40.9 Å². The Kier molecular flexibility index (Phi) is 9.58. The van der Waals surface area contributed by atoms with Crippen LogP contribution in [0.25, 0.3) is 5.82 Å². The van der Waals surface area contributed by atoms with Gasteiger partial charge < -0.3 is 15.4 Å². The average Bonchev–Trinajstić information content (AvgIpc) is 3.66. The van der Waals surface area contributed by atoms with Gasteiger partial charge in [0.1, 0.15) is 18.0 Å². The van der Waals surface area contributed by atoms with Gasteiger partial charge in [-0.25, -0.2) is 9.67 Å². The Balaban J connectivity index is 1.41. The summed E-state index contributed by atoms with van der Waals surface area (Å²) in [7, 11) is 0. The normalized spacial score (nSPS) is 11.8. The molecule has 0 fully saturated rings. The highest BCUT2D eigenvalue weighted by molar-refractivity contribution is 6.35. The first-order valence-corrected chi connectivity index (χ1v) is 14.1. The third-order valence-corrected chi connectivity index (χ3v) is 6.99. The molecule has 0 saturated carbocycles. The van der Waals surface area contributed by atoms with E-state index in [9.17, 15) is 35.9 Å². The van der Waals surface area contributed by atoms with Crippen LogP contribution in [-0.4, -0.2) is 53.1 Å². The zero-order valence-electron chi connectivity index (χ0n) is 24.1. The Hall–Kier alpha value is -5.23. The van der Waals surface area contributed by atoms with E-state index in [1.807, 2.05) is 0 Å². The quantitative estimate of drug-likeness (QED) is 0.177. The zero-order valence-corrected chi connectivity index (χ0v) is 25.6. The van der Waals surface area contributed by atoms with Crippen molar-refractivity contribution < 1.29 is 40.7 Å². The molecule has 5 rings (SSSR count). The Morgan fingerprint density at radius 2 is 1.67 bits per heavy atom. The molecule has 0 unspecified atom stereocenters. The molecule has 2 amide bonds. The number of tetrazole rings is 1. The van der Waals surface area contributed by atoms with Crippen molar-refractivity contribution >= 4 is 40.7 Å². The minimum Gasteiger partial charge on any atom is -0.406 e. The molecule has 3 aromatic heterocycles. The highest BCUT2D eigenvalue weighted by Crippen LogP contribution is 2.30. The van der Waals surface area contributed by atoms with Crippen molar-refractivity contribution in [3.8, 4) is 11.6 Å². The predicted octanol–water partition coefficient (Wildman–Crippen LogP) is 6.02. The van der Waals surface area contributed by atoms with Crippen LogP contribution in [0, 0.1) is 6.92 Å². The van der Waals surface area contributed by atoms with Gasteiger partial charge in [-0.1, -0.05) is 41.4 Å². The molecule has 0 bridgehead atoms. The molecule has 0 aliphatic rings. The fraction of sp³-hybridized carbons (Fsp3) is 0.179. The summed E-state index contributed by atoms with van der Waals surface area (Å²) in [5.41, 5.74) is 0.568. The van der Waals surface area contributed by atoms with E-state index in [0.29, 0.717) is 15.9 Å². The number of nitrogens with zero attached hydrogens (tertiary/aromatic N) is 7. The summed E-state index contributed by atoms with van der Waals surface area (Å²) in [5.74, 6) is -3.47. The fourth-order valence-corrected chi connectivity index (χ4v) is 4.70. The lowest BCUT2D eigenvalue weighted by Crippen LogP contribution is -2.26. The lowest BCUT2D eigenvalue weighted by atomic mass is 10.1. The van der Waals surface area contributed by atoms with Crippen LogP contribution in [0.2, 0.25) is 10.0 Å². The van der Waals surface area contributed by atoms with Crippen molar-refractivity contribution in [2.75, 3.05) is 5.32 Å². The Morgan fingerprint density at radius 3 is 2.31 bits per heavy atom. The van der Waals surface area contributed by atoms with Crippen LogP contribution in [0.5, 0.6) is 5.75 Å². The van der Waals surface area contributed by atoms with Crippen molar-refractivity contribution in [1.29, 1.82) is 0 Å². The topological polar surface area (TPSA) is 142 Å². The number of benzene rings is 2. The van der Waals surface area contributed by atoms with Crippen LogP contribution in [0.3, 0.4) is 0 Å². The van der Waals surface area contributed by atoms with E-state index in [-0.39, 0.29) is 45.0 Å². The molecule has 20 heteroatoms. The van der Waals surface area contributed by atoms with Crippen molar-refractivity contribution in [2.24, 2.45) is 0 Å². The molecule has 0 saturated heterocycles. The minimum atomic E-state index is -4.86. The number of amides is 2. The number of aromatic nitrogens is 7. The third kappa shape index (κ3) is 8.00. The third-order valence-electron chi connectivity index (χ3n) is 6.38. The largest absolute Gasteiger partial charge is 0.573 e. The van der Waals surface area contributed by atoms with E-state index < -0.39 is 42.5 Å². The van der Waals surface area contributed by atoms with Crippen molar-refractivity contribution in [1.82, 2.24) is 40.3 Å². The number of carbonyl (C=O) groups is 2. The first-order valence-electron chi connectivity index (χ1n) is 13.4. The first kappa shape index (κ1) is 34.1. The minimum absolute atomic E-state index is 0.00512. The number of pyridine rings is 1. The van der Waals surface area contributed by atoms with E-state index in [0.717, 1.165) is 16.8 Å². The van der Waals surface area contributed by atoms with Crippen LogP contribution < -0.4 is 15.4 Å². The average molecular weight is 714 g/mol. The molecule has 250 valence electrons. The van der Waals surface area contributed by atoms with Crippen LogP contribution >= 0.6 is 23.2 Å². The first-order chi connectivity index (χ1) is 22.6. The molecular formula is C28H19Cl2F6N9O3. The number of hydrogen-bond acceptors (Lipinski definition) is 8. The fourth-order valence-electron chi connectivity index (χ4n) is 4.25. The molecule has 0 aliphatic carbocycles. The summed E-state index contributed by atoms with van der Waals surface area (Å²) < 4.78 is 81.3. The van der Waals surface area contributed by atoms with Crippen LogP contribution in [0.1, 0.15) is 43.5 Å². The second-order valence-electron chi connectivity index (χ2n) is 9.83. The summed E-state index contributed by atoms with van der Waals surface area (Å²) in [5, 5.41) is 19.2. The molecule has 3 heterocycles. The van der Waals surface area contributed by atoms with Crippen LogP contribution in [0.15, 0.2) is 60.8 Å². The molecule has 12 nitrogen and oxygen atoms in total. The highest BCUT2D eigenvalue weighted by atomic mass is 35.5. The number of alkyl halides is 6. The summed E-state index contributed by atoms with van der Waals surface area (Å²) in [4.78, 5) is 31.9. The number of rotatable bonds is 9. The summed E-state index contributed by atoms with van der Waals surface area (Å²) >= 11 is 12.7. The Morgan fingerprint density at radius 1 is 0.938 bits per heavy atom.